The van der Waals surface area contributed by atoms with Gasteiger partial charge in [-0.05, 0) is 66.9 Å². The molecule has 3 aromatic carbocycles. The van der Waals surface area contributed by atoms with Crippen LogP contribution in [0.4, 0.5) is 5.69 Å². The summed E-state index contributed by atoms with van der Waals surface area (Å²) < 4.78 is 17.0. The molecule has 0 saturated heterocycles. The van der Waals surface area contributed by atoms with Crippen LogP contribution in [0.1, 0.15) is 30.6 Å². The van der Waals surface area contributed by atoms with Gasteiger partial charge in [-0.1, -0.05) is 38.1 Å². The highest BCUT2D eigenvalue weighted by Gasteiger charge is 2.08. The first-order valence-corrected chi connectivity index (χ1v) is 10.5. The minimum absolute atomic E-state index is 0.181. The molecule has 1 N–H and O–H groups in total. The van der Waals surface area contributed by atoms with E-state index in [-0.39, 0.29) is 5.91 Å². The highest BCUT2D eigenvalue weighted by atomic mass is 16.5. The molecule has 0 aromatic heterocycles. The first kappa shape index (κ1) is 22.2. The van der Waals surface area contributed by atoms with Crippen molar-refractivity contribution < 1.29 is 19.0 Å². The van der Waals surface area contributed by atoms with Crippen molar-refractivity contribution in [1.82, 2.24) is 0 Å². The van der Waals surface area contributed by atoms with E-state index in [2.05, 4.69) is 19.2 Å². The van der Waals surface area contributed by atoms with Crippen LogP contribution < -0.4 is 19.5 Å². The molecule has 0 aliphatic carbocycles. The molecule has 3 rings (SSSR count). The van der Waals surface area contributed by atoms with Crippen LogP contribution in [0.25, 0.3) is 0 Å². The molecule has 0 heterocycles. The van der Waals surface area contributed by atoms with Crippen LogP contribution in [0.3, 0.4) is 0 Å². The molecule has 5 heteroatoms. The number of anilines is 1. The molecule has 0 fully saturated rings. The fraction of sp³-hybridized carbons (Fsp3) is 0.269. The number of ether oxygens (including phenoxy) is 3. The molecule has 0 bridgehead atoms. The van der Waals surface area contributed by atoms with Crippen LogP contribution in [-0.4, -0.2) is 25.7 Å². The lowest BCUT2D eigenvalue weighted by Crippen LogP contribution is -2.12. The maximum Gasteiger partial charge on any atom is 0.255 e. The average Bonchev–Trinajstić information content (AvgIpc) is 2.78. The fourth-order valence-corrected chi connectivity index (χ4v) is 2.81. The van der Waals surface area contributed by atoms with Crippen molar-refractivity contribution in [3.05, 3.63) is 84.4 Å². The number of rotatable bonds is 11. The van der Waals surface area contributed by atoms with Crippen molar-refractivity contribution in [3.8, 4) is 17.2 Å². The van der Waals surface area contributed by atoms with E-state index in [4.69, 9.17) is 14.2 Å². The van der Waals surface area contributed by atoms with Gasteiger partial charge in [0.1, 0.15) is 30.5 Å². The molecular formula is C26H29NO4. The number of hydrogen-bond donors (Lipinski definition) is 1. The van der Waals surface area contributed by atoms with Crippen molar-refractivity contribution >= 4 is 11.6 Å². The summed E-state index contributed by atoms with van der Waals surface area (Å²) in [6.45, 7) is 5.84. The molecule has 0 atom stereocenters. The number of carbonyl (C=O) groups excluding carboxylic acids is 1. The predicted molar refractivity (Wildman–Crippen MR) is 123 cm³/mol. The van der Waals surface area contributed by atoms with E-state index in [0.717, 1.165) is 17.9 Å². The van der Waals surface area contributed by atoms with E-state index < -0.39 is 0 Å². The molecule has 162 valence electrons. The zero-order valence-corrected chi connectivity index (χ0v) is 18.0. The van der Waals surface area contributed by atoms with Gasteiger partial charge in [-0.2, -0.15) is 0 Å². The largest absolute Gasteiger partial charge is 0.494 e. The third-order valence-corrected chi connectivity index (χ3v) is 4.54. The van der Waals surface area contributed by atoms with Gasteiger partial charge in [-0.25, -0.2) is 0 Å². The van der Waals surface area contributed by atoms with Crippen LogP contribution in [0, 0.1) is 5.92 Å². The normalized spacial score (nSPS) is 10.5. The molecule has 0 radical (unpaired) electrons. The average molecular weight is 420 g/mol. The maximum absolute atomic E-state index is 12.6. The smallest absolute Gasteiger partial charge is 0.255 e. The van der Waals surface area contributed by atoms with Crippen LogP contribution >= 0.6 is 0 Å². The fourth-order valence-electron chi connectivity index (χ4n) is 2.81. The second-order valence-electron chi connectivity index (χ2n) is 7.55. The summed E-state index contributed by atoms with van der Waals surface area (Å²) in [6.07, 6.45) is 0.975. The lowest BCUT2D eigenvalue weighted by Gasteiger charge is -2.11. The minimum Gasteiger partial charge on any atom is -0.494 e. The standard InChI is InChI=1S/C26H29NO4/c1-20(2)15-16-29-25-10-6-7-21(19-25)26(28)27-22-11-13-24(14-12-22)31-18-17-30-23-8-4-3-5-9-23/h3-14,19-20H,15-18H2,1-2H3,(H,27,28). The number of carbonyl (C=O) groups is 1. The van der Waals surface area contributed by atoms with Crippen molar-refractivity contribution in [1.29, 1.82) is 0 Å². The summed E-state index contributed by atoms with van der Waals surface area (Å²) in [5, 5.41) is 2.90. The Morgan fingerprint density at radius 1 is 0.742 bits per heavy atom. The number of benzene rings is 3. The van der Waals surface area contributed by atoms with Gasteiger partial charge >= 0.3 is 0 Å². The van der Waals surface area contributed by atoms with Gasteiger partial charge in [0.15, 0.2) is 0 Å². The Hall–Kier alpha value is -3.47. The number of hydrogen-bond acceptors (Lipinski definition) is 4. The highest BCUT2D eigenvalue weighted by Crippen LogP contribution is 2.19. The van der Waals surface area contributed by atoms with Crippen LogP contribution in [0.15, 0.2) is 78.9 Å². The molecule has 5 nitrogen and oxygen atoms in total. The summed E-state index contributed by atoms with van der Waals surface area (Å²) in [7, 11) is 0. The van der Waals surface area contributed by atoms with E-state index in [0.29, 0.717) is 42.7 Å². The number of nitrogens with one attached hydrogen (secondary N) is 1. The van der Waals surface area contributed by atoms with Crippen molar-refractivity contribution in [2.24, 2.45) is 5.92 Å². The van der Waals surface area contributed by atoms with Crippen molar-refractivity contribution in [2.45, 2.75) is 20.3 Å². The van der Waals surface area contributed by atoms with Crippen molar-refractivity contribution in [3.63, 3.8) is 0 Å². The number of para-hydroxylation sites is 1. The Kier molecular flexibility index (Phi) is 8.35. The van der Waals surface area contributed by atoms with Gasteiger partial charge in [0.2, 0.25) is 0 Å². The molecule has 0 aliphatic heterocycles. The van der Waals surface area contributed by atoms with E-state index in [1.54, 1.807) is 12.1 Å². The third kappa shape index (κ3) is 7.70. The van der Waals surface area contributed by atoms with E-state index in [9.17, 15) is 4.79 Å². The first-order valence-electron chi connectivity index (χ1n) is 10.5. The predicted octanol–water partition coefficient (Wildman–Crippen LogP) is 5.82. The lowest BCUT2D eigenvalue weighted by molar-refractivity contribution is 0.102. The highest BCUT2D eigenvalue weighted by molar-refractivity contribution is 6.04. The van der Waals surface area contributed by atoms with Crippen molar-refractivity contribution in [2.75, 3.05) is 25.1 Å². The molecule has 3 aromatic rings. The Morgan fingerprint density at radius 2 is 1.35 bits per heavy atom. The summed E-state index contributed by atoms with van der Waals surface area (Å²) in [5.74, 6) is 2.64. The molecule has 0 saturated carbocycles. The monoisotopic (exact) mass is 419 g/mol. The van der Waals surface area contributed by atoms with Gasteiger partial charge < -0.3 is 19.5 Å². The zero-order valence-electron chi connectivity index (χ0n) is 18.0. The van der Waals surface area contributed by atoms with Gasteiger partial charge in [0.25, 0.3) is 5.91 Å². The Morgan fingerprint density at radius 3 is 2.03 bits per heavy atom. The Balaban J connectivity index is 1.45. The number of amides is 1. The maximum atomic E-state index is 12.6. The molecule has 0 spiro atoms. The molecule has 0 unspecified atom stereocenters. The van der Waals surface area contributed by atoms with Gasteiger partial charge in [0, 0.05) is 11.3 Å². The molecule has 1 amide bonds. The summed E-state index contributed by atoms with van der Waals surface area (Å²) in [4.78, 5) is 12.6. The van der Waals surface area contributed by atoms with Gasteiger partial charge in [-0.15, -0.1) is 0 Å². The summed E-state index contributed by atoms with van der Waals surface area (Å²) in [5.41, 5.74) is 1.25. The first-order chi connectivity index (χ1) is 15.1. The Labute approximate surface area is 184 Å². The Bertz CT molecular complexity index is 939. The summed E-state index contributed by atoms with van der Waals surface area (Å²) >= 11 is 0. The van der Waals surface area contributed by atoms with E-state index >= 15 is 0 Å². The van der Waals surface area contributed by atoms with E-state index in [1.165, 1.54) is 0 Å². The van der Waals surface area contributed by atoms with Crippen LogP contribution in [-0.2, 0) is 0 Å². The topological polar surface area (TPSA) is 56.8 Å². The van der Waals surface area contributed by atoms with Gasteiger partial charge in [-0.3, -0.25) is 4.79 Å². The minimum atomic E-state index is -0.181. The van der Waals surface area contributed by atoms with Gasteiger partial charge in [0.05, 0.1) is 6.61 Å². The molecular weight excluding hydrogens is 390 g/mol. The van der Waals surface area contributed by atoms with E-state index in [1.807, 2.05) is 66.7 Å². The molecule has 0 aliphatic rings. The second-order valence-corrected chi connectivity index (χ2v) is 7.55. The quantitative estimate of drug-likeness (QED) is 0.398. The summed E-state index contributed by atoms with van der Waals surface area (Å²) in [6, 6.07) is 24.1. The molecule has 31 heavy (non-hydrogen) atoms. The lowest BCUT2D eigenvalue weighted by atomic mass is 10.1. The SMILES string of the molecule is CC(C)CCOc1cccc(C(=O)Nc2ccc(OCCOc3ccccc3)cc2)c1. The van der Waals surface area contributed by atoms with Crippen LogP contribution in [0.5, 0.6) is 17.2 Å². The van der Waals surface area contributed by atoms with Crippen LogP contribution in [0.2, 0.25) is 0 Å². The third-order valence-electron chi connectivity index (χ3n) is 4.54. The second kappa shape index (κ2) is 11.6. The zero-order chi connectivity index (χ0) is 21.9.